The topological polar surface area (TPSA) is 51.1 Å². The van der Waals surface area contributed by atoms with Crippen LogP contribution >= 0.6 is 0 Å². The lowest BCUT2D eigenvalue weighted by Crippen LogP contribution is -2.20. The van der Waals surface area contributed by atoms with Crippen molar-refractivity contribution in [1.29, 1.82) is 0 Å². The van der Waals surface area contributed by atoms with Gasteiger partial charge in [-0.2, -0.15) is 10.2 Å². The Morgan fingerprint density at radius 2 is 1.52 bits per heavy atom. The van der Waals surface area contributed by atoms with Gasteiger partial charge in [-0.3, -0.25) is 0 Å². The molecule has 0 aliphatic carbocycles. The molecule has 1 aliphatic heterocycles. The summed E-state index contributed by atoms with van der Waals surface area (Å²) in [6.45, 7) is 13.1. The Kier molecular flexibility index (Phi) is 3.91. The normalized spacial score (nSPS) is 13.0. The van der Waals surface area contributed by atoms with Crippen molar-refractivity contribution in [3.8, 4) is 11.6 Å². The lowest BCUT2D eigenvalue weighted by atomic mass is 9.84. The third-order valence-electron chi connectivity index (χ3n) is 4.91. The van der Waals surface area contributed by atoms with Crippen LogP contribution in [0.25, 0.3) is 0 Å². The summed E-state index contributed by atoms with van der Waals surface area (Å²) in [7, 11) is 0. The molecule has 0 saturated heterocycles. The maximum Gasteiger partial charge on any atom is 0.243 e. The van der Waals surface area contributed by atoms with E-state index in [4.69, 9.17) is 4.74 Å². The highest BCUT2D eigenvalue weighted by atomic mass is 16.5. The third-order valence-corrected chi connectivity index (χ3v) is 4.91. The Labute approximate surface area is 160 Å². The van der Waals surface area contributed by atoms with Crippen molar-refractivity contribution < 1.29 is 4.74 Å². The number of nitrogens with zero attached hydrogens (tertiary/aromatic N) is 4. The molecule has 0 spiro atoms. The van der Waals surface area contributed by atoms with Gasteiger partial charge < -0.3 is 9.64 Å². The Morgan fingerprint density at radius 3 is 2.19 bits per heavy atom. The number of benzene rings is 1. The fourth-order valence-electron chi connectivity index (χ4n) is 3.55. The standard InChI is InChI=1S/C22H24N4O/c1-13-7-17-21(23-10-13)27-19-12-25-24-11-18(19)26(17)20-14(2)8-16(9-15(20)3)22(4,5)6/h7-12H,1-6H3. The van der Waals surface area contributed by atoms with Crippen LogP contribution in [0.1, 0.15) is 43.0 Å². The van der Waals surface area contributed by atoms with Crippen LogP contribution in [0.2, 0.25) is 0 Å². The molecule has 5 heteroatoms. The van der Waals surface area contributed by atoms with E-state index in [9.17, 15) is 0 Å². The Hall–Kier alpha value is -2.95. The van der Waals surface area contributed by atoms with Gasteiger partial charge in [0.1, 0.15) is 11.4 Å². The van der Waals surface area contributed by atoms with Gasteiger partial charge in [-0.05, 0) is 54.5 Å². The van der Waals surface area contributed by atoms with Crippen LogP contribution in [0.4, 0.5) is 17.1 Å². The fraction of sp³-hybridized carbons (Fsp3) is 0.318. The zero-order valence-electron chi connectivity index (χ0n) is 16.7. The summed E-state index contributed by atoms with van der Waals surface area (Å²) in [5, 5.41) is 8.07. The second kappa shape index (κ2) is 6.05. The predicted octanol–water partition coefficient (Wildman–Crippen LogP) is 5.67. The summed E-state index contributed by atoms with van der Waals surface area (Å²) >= 11 is 0. The van der Waals surface area contributed by atoms with E-state index >= 15 is 0 Å². The number of anilines is 3. The van der Waals surface area contributed by atoms with Crippen molar-refractivity contribution in [2.24, 2.45) is 0 Å². The molecule has 0 fully saturated rings. The fourth-order valence-corrected chi connectivity index (χ4v) is 3.55. The van der Waals surface area contributed by atoms with E-state index in [1.54, 1.807) is 12.4 Å². The molecule has 3 aromatic rings. The van der Waals surface area contributed by atoms with E-state index in [1.807, 2.05) is 13.1 Å². The first-order valence-corrected chi connectivity index (χ1v) is 9.13. The number of pyridine rings is 1. The monoisotopic (exact) mass is 360 g/mol. The Morgan fingerprint density at radius 1 is 0.852 bits per heavy atom. The van der Waals surface area contributed by atoms with Gasteiger partial charge in [-0.25, -0.2) is 4.98 Å². The SMILES string of the molecule is Cc1cnc2c(c1)N(c1c(C)cc(C(C)(C)C)cc1C)c1cnncc1O2. The van der Waals surface area contributed by atoms with Crippen molar-refractivity contribution in [2.75, 3.05) is 4.90 Å². The molecule has 0 radical (unpaired) electrons. The zero-order valence-corrected chi connectivity index (χ0v) is 16.7. The number of rotatable bonds is 1. The molecule has 1 aromatic carbocycles. The largest absolute Gasteiger partial charge is 0.433 e. The molecule has 0 N–H and O–H groups in total. The molecule has 0 atom stereocenters. The van der Waals surface area contributed by atoms with E-state index in [0.717, 1.165) is 22.6 Å². The number of aryl methyl sites for hydroxylation is 3. The quantitative estimate of drug-likeness (QED) is 0.438. The second-order valence-corrected chi connectivity index (χ2v) is 8.22. The van der Waals surface area contributed by atoms with Gasteiger partial charge in [0.25, 0.3) is 0 Å². The van der Waals surface area contributed by atoms with Gasteiger partial charge in [0.15, 0.2) is 5.75 Å². The maximum absolute atomic E-state index is 5.99. The molecule has 27 heavy (non-hydrogen) atoms. The average molecular weight is 360 g/mol. The van der Waals surface area contributed by atoms with Crippen molar-refractivity contribution in [2.45, 2.75) is 47.0 Å². The Bertz CT molecular complexity index is 1010. The summed E-state index contributed by atoms with van der Waals surface area (Å²) in [5.41, 5.74) is 7.84. The van der Waals surface area contributed by atoms with Crippen molar-refractivity contribution in [3.63, 3.8) is 0 Å². The first-order chi connectivity index (χ1) is 12.8. The molecule has 138 valence electrons. The average Bonchev–Trinajstić information content (AvgIpc) is 2.60. The summed E-state index contributed by atoms with van der Waals surface area (Å²) in [6.07, 6.45) is 5.21. The number of aromatic nitrogens is 3. The van der Waals surface area contributed by atoms with Gasteiger partial charge in [-0.15, -0.1) is 0 Å². The minimum absolute atomic E-state index is 0.0957. The highest BCUT2D eigenvalue weighted by Gasteiger charge is 2.30. The lowest BCUT2D eigenvalue weighted by molar-refractivity contribution is 0.453. The molecule has 3 heterocycles. The van der Waals surface area contributed by atoms with E-state index in [-0.39, 0.29) is 5.41 Å². The van der Waals surface area contributed by atoms with Crippen LogP contribution in [-0.2, 0) is 5.41 Å². The molecule has 5 nitrogen and oxygen atoms in total. The zero-order chi connectivity index (χ0) is 19.3. The number of hydrogen-bond acceptors (Lipinski definition) is 5. The third kappa shape index (κ3) is 2.93. The van der Waals surface area contributed by atoms with Gasteiger partial charge in [0.2, 0.25) is 5.88 Å². The minimum Gasteiger partial charge on any atom is -0.433 e. The van der Waals surface area contributed by atoms with Crippen molar-refractivity contribution >= 4 is 17.1 Å². The van der Waals surface area contributed by atoms with Crippen LogP contribution in [0.15, 0.2) is 36.8 Å². The molecule has 1 aliphatic rings. The van der Waals surface area contributed by atoms with E-state index in [2.05, 4.69) is 72.9 Å². The Balaban J connectivity index is 1.99. The number of ether oxygens (including phenoxy) is 1. The van der Waals surface area contributed by atoms with E-state index in [1.165, 1.54) is 16.7 Å². The second-order valence-electron chi connectivity index (χ2n) is 8.22. The van der Waals surface area contributed by atoms with Gasteiger partial charge in [-0.1, -0.05) is 32.9 Å². The van der Waals surface area contributed by atoms with Gasteiger partial charge >= 0.3 is 0 Å². The van der Waals surface area contributed by atoms with Crippen molar-refractivity contribution in [1.82, 2.24) is 15.2 Å². The van der Waals surface area contributed by atoms with Crippen LogP contribution in [0, 0.1) is 20.8 Å². The first-order valence-electron chi connectivity index (χ1n) is 9.13. The summed E-state index contributed by atoms with van der Waals surface area (Å²) in [5.74, 6) is 1.24. The lowest BCUT2D eigenvalue weighted by Gasteiger charge is -2.34. The smallest absolute Gasteiger partial charge is 0.243 e. The van der Waals surface area contributed by atoms with Crippen LogP contribution < -0.4 is 9.64 Å². The molecule has 0 unspecified atom stereocenters. The molecule has 0 bridgehead atoms. The highest BCUT2D eigenvalue weighted by Crippen LogP contribution is 2.50. The number of hydrogen-bond donors (Lipinski definition) is 0. The first kappa shape index (κ1) is 17.5. The minimum atomic E-state index is 0.0957. The van der Waals surface area contributed by atoms with Gasteiger partial charge in [0.05, 0.1) is 18.1 Å². The van der Waals surface area contributed by atoms with E-state index < -0.39 is 0 Å². The molecular formula is C22H24N4O. The maximum atomic E-state index is 5.99. The van der Waals surface area contributed by atoms with Crippen LogP contribution in [0.3, 0.4) is 0 Å². The number of fused-ring (bicyclic) bond motifs is 2. The van der Waals surface area contributed by atoms with Crippen molar-refractivity contribution in [3.05, 3.63) is 59.0 Å². The predicted molar refractivity (Wildman–Crippen MR) is 107 cm³/mol. The molecule has 2 aromatic heterocycles. The molecule has 0 amide bonds. The highest BCUT2D eigenvalue weighted by molar-refractivity contribution is 5.87. The van der Waals surface area contributed by atoms with E-state index in [0.29, 0.717) is 11.6 Å². The molecular weight excluding hydrogens is 336 g/mol. The summed E-state index contributed by atoms with van der Waals surface area (Å²) in [6, 6.07) is 6.65. The molecule has 4 rings (SSSR count). The van der Waals surface area contributed by atoms with Crippen LogP contribution in [0.5, 0.6) is 11.6 Å². The van der Waals surface area contributed by atoms with Crippen LogP contribution in [-0.4, -0.2) is 15.2 Å². The summed E-state index contributed by atoms with van der Waals surface area (Å²) < 4.78 is 5.99. The van der Waals surface area contributed by atoms with Gasteiger partial charge in [0, 0.05) is 6.20 Å². The summed E-state index contributed by atoms with van der Waals surface area (Å²) in [4.78, 5) is 6.69. The molecule has 0 saturated carbocycles.